The van der Waals surface area contributed by atoms with Crippen molar-refractivity contribution in [3.63, 3.8) is 0 Å². The van der Waals surface area contributed by atoms with Crippen LogP contribution in [0, 0.1) is 0 Å². The number of benzene rings is 3. The van der Waals surface area contributed by atoms with Crippen molar-refractivity contribution in [2.45, 2.75) is 19.3 Å². The standard InChI is InChI=1S/C24H23NO/c1-19(26)25-24-14-8-13-22(18-24)23(17-21-11-6-3-7-12-21)16-15-20-9-4-2-5-10-20/h2-16,18,23H,17H2,1H3,(H,25,26)/b16-15+. The summed E-state index contributed by atoms with van der Waals surface area (Å²) in [5.41, 5.74) is 4.50. The average molecular weight is 341 g/mol. The summed E-state index contributed by atoms with van der Waals surface area (Å²) in [6.45, 7) is 1.53. The van der Waals surface area contributed by atoms with Crippen molar-refractivity contribution in [3.8, 4) is 0 Å². The van der Waals surface area contributed by atoms with Crippen LogP contribution in [-0.4, -0.2) is 5.91 Å². The molecule has 0 bridgehead atoms. The molecule has 0 aliphatic rings. The second-order valence-corrected chi connectivity index (χ2v) is 6.37. The van der Waals surface area contributed by atoms with Gasteiger partial charge < -0.3 is 5.32 Å². The number of rotatable bonds is 6. The molecule has 3 aromatic rings. The summed E-state index contributed by atoms with van der Waals surface area (Å²) in [6, 6.07) is 28.9. The van der Waals surface area contributed by atoms with Crippen LogP contribution >= 0.6 is 0 Å². The maximum Gasteiger partial charge on any atom is 0.221 e. The van der Waals surface area contributed by atoms with Gasteiger partial charge in [0.15, 0.2) is 0 Å². The van der Waals surface area contributed by atoms with E-state index in [1.165, 1.54) is 23.6 Å². The third-order valence-corrected chi connectivity index (χ3v) is 4.25. The van der Waals surface area contributed by atoms with Gasteiger partial charge in [0, 0.05) is 18.5 Å². The predicted molar refractivity (Wildman–Crippen MR) is 109 cm³/mol. The Balaban J connectivity index is 1.89. The minimum atomic E-state index is -0.0541. The number of amides is 1. The van der Waals surface area contributed by atoms with E-state index in [1.54, 1.807) is 0 Å². The number of hydrogen-bond acceptors (Lipinski definition) is 1. The molecule has 3 aromatic carbocycles. The Labute approximate surface area is 155 Å². The third-order valence-electron chi connectivity index (χ3n) is 4.25. The molecule has 0 fully saturated rings. The third kappa shape index (κ3) is 5.18. The van der Waals surface area contributed by atoms with E-state index in [4.69, 9.17) is 0 Å². The highest BCUT2D eigenvalue weighted by molar-refractivity contribution is 5.88. The molecule has 1 amide bonds. The molecule has 0 saturated heterocycles. The summed E-state index contributed by atoms with van der Waals surface area (Å²) in [4.78, 5) is 11.4. The van der Waals surface area contributed by atoms with Crippen LogP contribution in [0.25, 0.3) is 6.08 Å². The van der Waals surface area contributed by atoms with Crippen LogP contribution in [0.15, 0.2) is 91.0 Å². The Morgan fingerprint density at radius 1 is 0.923 bits per heavy atom. The monoisotopic (exact) mass is 341 g/mol. The van der Waals surface area contributed by atoms with E-state index in [9.17, 15) is 4.79 Å². The summed E-state index contributed by atoms with van der Waals surface area (Å²) < 4.78 is 0. The van der Waals surface area contributed by atoms with E-state index in [-0.39, 0.29) is 11.8 Å². The van der Waals surface area contributed by atoms with E-state index in [1.807, 2.05) is 36.4 Å². The zero-order chi connectivity index (χ0) is 18.2. The number of hydrogen-bond donors (Lipinski definition) is 1. The SMILES string of the molecule is CC(=O)Nc1cccc(C(/C=C/c2ccccc2)Cc2ccccc2)c1. The minimum Gasteiger partial charge on any atom is -0.326 e. The molecule has 0 aliphatic heterocycles. The van der Waals surface area contributed by atoms with Gasteiger partial charge in [0.05, 0.1) is 0 Å². The van der Waals surface area contributed by atoms with Gasteiger partial charge in [-0.1, -0.05) is 84.9 Å². The van der Waals surface area contributed by atoms with Crippen molar-refractivity contribution in [1.82, 2.24) is 0 Å². The van der Waals surface area contributed by atoms with Gasteiger partial charge in [-0.2, -0.15) is 0 Å². The number of nitrogens with one attached hydrogen (secondary N) is 1. The highest BCUT2D eigenvalue weighted by Gasteiger charge is 2.10. The molecule has 130 valence electrons. The molecule has 0 heterocycles. The van der Waals surface area contributed by atoms with Crippen LogP contribution in [0.1, 0.15) is 29.5 Å². The maximum atomic E-state index is 11.4. The van der Waals surface area contributed by atoms with Crippen LogP contribution in [-0.2, 0) is 11.2 Å². The van der Waals surface area contributed by atoms with Gasteiger partial charge >= 0.3 is 0 Å². The molecule has 3 rings (SSSR count). The highest BCUT2D eigenvalue weighted by atomic mass is 16.1. The topological polar surface area (TPSA) is 29.1 Å². The number of anilines is 1. The fraction of sp³-hybridized carbons (Fsp3) is 0.125. The molecule has 0 aliphatic carbocycles. The van der Waals surface area contributed by atoms with Crippen LogP contribution in [0.5, 0.6) is 0 Å². The van der Waals surface area contributed by atoms with E-state index >= 15 is 0 Å². The van der Waals surface area contributed by atoms with Gasteiger partial charge in [-0.15, -0.1) is 0 Å². The molecule has 2 heteroatoms. The van der Waals surface area contributed by atoms with Crippen LogP contribution in [0.3, 0.4) is 0 Å². The summed E-state index contributed by atoms with van der Waals surface area (Å²) in [5.74, 6) is 0.174. The molecule has 1 atom stereocenters. The molecule has 1 unspecified atom stereocenters. The first-order valence-electron chi connectivity index (χ1n) is 8.85. The Bertz CT molecular complexity index is 869. The first kappa shape index (κ1) is 17.7. The Hall–Kier alpha value is -3.13. The lowest BCUT2D eigenvalue weighted by Gasteiger charge is -2.15. The summed E-state index contributed by atoms with van der Waals surface area (Å²) in [6.07, 6.45) is 5.32. The minimum absolute atomic E-state index is 0.0541. The lowest BCUT2D eigenvalue weighted by molar-refractivity contribution is -0.114. The van der Waals surface area contributed by atoms with Crippen LogP contribution in [0.2, 0.25) is 0 Å². The van der Waals surface area contributed by atoms with Gasteiger partial charge in [-0.05, 0) is 35.2 Å². The first-order valence-corrected chi connectivity index (χ1v) is 8.85. The van der Waals surface area contributed by atoms with Crippen LogP contribution < -0.4 is 5.32 Å². The highest BCUT2D eigenvalue weighted by Crippen LogP contribution is 2.26. The fourth-order valence-electron chi connectivity index (χ4n) is 3.01. The molecular weight excluding hydrogens is 318 g/mol. The number of allylic oxidation sites excluding steroid dienone is 1. The number of carbonyl (C=O) groups is 1. The van der Waals surface area contributed by atoms with E-state index in [0.717, 1.165) is 12.1 Å². The van der Waals surface area contributed by atoms with Gasteiger partial charge in [0.2, 0.25) is 5.91 Å². The quantitative estimate of drug-likeness (QED) is 0.613. The van der Waals surface area contributed by atoms with Crippen molar-refractivity contribution in [1.29, 1.82) is 0 Å². The van der Waals surface area contributed by atoms with Gasteiger partial charge in [-0.3, -0.25) is 4.79 Å². The Morgan fingerprint density at radius 3 is 2.31 bits per heavy atom. The van der Waals surface area contributed by atoms with Crippen LogP contribution in [0.4, 0.5) is 5.69 Å². The molecule has 0 spiro atoms. The molecule has 0 aromatic heterocycles. The second-order valence-electron chi connectivity index (χ2n) is 6.37. The van der Waals surface area contributed by atoms with Crippen molar-refractivity contribution in [2.24, 2.45) is 0 Å². The molecule has 0 saturated carbocycles. The zero-order valence-electron chi connectivity index (χ0n) is 14.9. The van der Waals surface area contributed by atoms with E-state index in [2.05, 4.69) is 66.0 Å². The second kappa shape index (κ2) is 8.82. The summed E-state index contributed by atoms with van der Waals surface area (Å²) in [7, 11) is 0. The van der Waals surface area contributed by atoms with Crippen molar-refractivity contribution >= 4 is 17.7 Å². The van der Waals surface area contributed by atoms with Gasteiger partial charge in [-0.25, -0.2) is 0 Å². The Kier molecular flexibility index (Phi) is 6.00. The summed E-state index contributed by atoms with van der Waals surface area (Å²) in [5, 5.41) is 2.87. The number of carbonyl (C=O) groups excluding carboxylic acids is 1. The van der Waals surface area contributed by atoms with E-state index < -0.39 is 0 Å². The predicted octanol–water partition coefficient (Wildman–Crippen LogP) is 5.68. The van der Waals surface area contributed by atoms with Gasteiger partial charge in [0.1, 0.15) is 0 Å². The molecule has 0 radical (unpaired) electrons. The molecule has 2 nitrogen and oxygen atoms in total. The maximum absolute atomic E-state index is 11.4. The van der Waals surface area contributed by atoms with Gasteiger partial charge in [0.25, 0.3) is 0 Å². The first-order chi connectivity index (χ1) is 12.7. The largest absolute Gasteiger partial charge is 0.326 e. The van der Waals surface area contributed by atoms with Crippen molar-refractivity contribution in [2.75, 3.05) is 5.32 Å². The fourth-order valence-corrected chi connectivity index (χ4v) is 3.01. The normalized spacial score (nSPS) is 12.0. The lowest BCUT2D eigenvalue weighted by Crippen LogP contribution is -2.07. The molecular formula is C24H23NO. The van der Waals surface area contributed by atoms with Crippen molar-refractivity contribution < 1.29 is 4.79 Å². The Morgan fingerprint density at radius 2 is 1.62 bits per heavy atom. The smallest absolute Gasteiger partial charge is 0.221 e. The van der Waals surface area contributed by atoms with Crippen molar-refractivity contribution in [3.05, 3.63) is 108 Å². The lowest BCUT2D eigenvalue weighted by atomic mass is 9.90. The van der Waals surface area contributed by atoms with E-state index in [0.29, 0.717) is 0 Å². The molecule has 1 N–H and O–H groups in total. The average Bonchev–Trinajstić information content (AvgIpc) is 2.66. The zero-order valence-corrected chi connectivity index (χ0v) is 14.9. The summed E-state index contributed by atoms with van der Waals surface area (Å²) >= 11 is 0. The molecule has 26 heavy (non-hydrogen) atoms.